The van der Waals surface area contributed by atoms with Crippen LogP contribution in [0.15, 0.2) is 46.9 Å². The quantitative estimate of drug-likeness (QED) is 0.878. The van der Waals surface area contributed by atoms with Crippen molar-refractivity contribution in [2.75, 3.05) is 13.6 Å². The maximum absolute atomic E-state index is 6.03. The summed E-state index contributed by atoms with van der Waals surface area (Å²) in [6, 6.07) is 15.2. The fourth-order valence-electron chi connectivity index (χ4n) is 2.55. The number of hydrogen-bond acceptors (Lipinski definition) is 2. The van der Waals surface area contributed by atoms with Crippen molar-refractivity contribution in [3.05, 3.63) is 69.2 Å². The molecule has 2 aromatic carbocycles. The first-order valence-corrected chi connectivity index (χ1v) is 8.03. The molecule has 0 saturated carbocycles. The van der Waals surface area contributed by atoms with Gasteiger partial charge in [0.1, 0.15) is 0 Å². The van der Waals surface area contributed by atoms with E-state index in [9.17, 15) is 0 Å². The number of likely N-dealkylation sites (N-methyl/N-ethyl adjacent to an activating group) is 1. The van der Waals surface area contributed by atoms with E-state index in [1.807, 2.05) is 0 Å². The molecule has 2 nitrogen and oxygen atoms in total. The van der Waals surface area contributed by atoms with Gasteiger partial charge in [-0.2, -0.15) is 0 Å². The number of nitrogens with zero attached hydrogens (tertiary/aromatic N) is 1. The fourth-order valence-corrected chi connectivity index (χ4v) is 2.95. The van der Waals surface area contributed by atoms with Crippen LogP contribution in [0.3, 0.4) is 0 Å². The number of aryl methyl sites for hydroxylation is 2. The van der Waals surface area contributed by atoms with Gasteiger partial charge in [0, 0.05) is 23.6 Å². The normalized spacial score (nSPS) is 12.7. The lowest BCUT2D eigenvalue weighted by Gasteiger charge is -2.28. The Morgan fingerprint density at radius 2 is 1.81 bits per heavy atom. The van der Waals surface area contributed by atoms with Crippen LogP contribution in [0, 0.1) is 13.8 Å². The van der Waals surface area contributed by atoms with Gasteiger partial charge in [-0.05, 0) is 49.2 Å². The molecule has 0 aliphatic rings. The molecular formula is C18H23BrN2. The molecule has 0 aromatic heterocycles. The SMILES string of the molecule is Cc1ccc(C(CN)N(C)Cc2ccccc2C)cc1Br. The third-order valence-corrected chi connectivity index (χ3v) is 4.87. The monoisotopic (exact) mass is 346 g/mol. The molecular weight excluding hydrogens is 324 g/mol. The van der Waals surface area contributed by atoms with Crippen LogP contribution in [0.5, 0.6) is 0 Å². The molecule has 0 heterocycles. The average Bonchev–Trinajstić information content (AvgIpc) is 2.46. The van der Waals surface area contributed by atoms with Gasteiger partial charge < -0.3 is 5.73 Å². The summed E-state index contributed by atoms with van der Waals surface area (Å²) < 4.78 is 1.14. The highest BCUT2D eigenvalue weighted by atomic mass is 79.9. The minimum Gasteiger partial charge on any atom is -0.329 e. The van der Waals surface area contributed by atoms with Gasteiger partial charge in [0.05, 0.1) is 0 Å². The summed E-state index contributed by atoms with van der Waals surface area (Å²) in [6.45, 7) is 5.77. The first-order valence-electron chi connectivity index (χ1n) is 7.23. The largest absolute Gasteiger partial charge is 0.329 e. The Morgan fingerprint density at radius 3 is 2.43 bits per heavy atom. The van der Waals surface area contributed by atoms with Gasteiger partial charge in [-0.1, -0.05) is 52.3 Å². The van der Waals surface area contributed by atoms with Crippen molar-refractivity contribution < 1.29 is 0 Å². The lowest BCUT2D eigenvalue weighted by molar-refractivity contribution is 0.241. The first kappa shape index (κ1) is 16.2. The summed E-state index contributed by atoms with van der Waals surface area (Å²) in [5.74, 6) is 0. The average molecular weight is 347 g/mol. The van der Waals surface area contributed by atoms with Gasteiger partial charge in [0.2, 0.25) is 0 Å². The zero-order valence-electron chi connectivity index (χ0n) is 12.9. The van der Waals surface area contributed by atoms with E-state index in [1.165, 1.54) is 22.3 Å². The number of nitrogens with two attached hydrogens (primary N) is 1. The van der Waals surface area contributed by atoms with Gasteiger partial charge in [-0.3, -0.25) is 4.90 Å². The molecule has 0 bridgehead atoms. The molecule has 0 aliphatic carbocycles. The highest BCUT2D eigenvalue weighted by Gasteiger charge is 2.17. The molecule has 2 aromatic rings. The Hall–Kier alpha value is -1.16. The zero-order chi connectivity index (χ0) is 15.4. The molecule has 0 amide bonds. The van der Waals surface area contributed by atoms with E-state index in [2.05, 4.69) is 84.2 Å². The molecule has 0 fully saturated rings. The second-order valence-corrected chi connectivity index (χ2v) is 6.46. The first-order chi connectivity index (χ1) is 10.0. The molecule has 112 valence electrons. The second kappa shape index (κ2) is 7.21. The van der Waals surface area contributed by atoms with E-state index < -0.39 is 0 Å². The maximum Gasteiger partial charge on any atom is 0.0471 e. The third kappa shape index (κ3) is 3.94. The van der Waals surface area contributed by atoms with Gasteiger partial charge in [-0.25, -0.2) is 0 Å². The lowest BCUT2D eigenvalue weighted by atomic mass is 10.0. The minimum absolute atomic E-state index is 0.224. The van der Waals surface area contributed by atoms with Crippen molar-refractivity contribution in [2.45, 2.75) is 26.4 Å². The lowest BCUT2D eigenvalue weighted by Crippen LogP contribution is -2.30. The van der Waals surface area contributed by atoms with E-state index in [4.69, 9.17) is 5.73 Å². The van der Waals surface area contributed by atoms with Crippen LogP contribution in [-0.4, -0.2) is 18.5 Å². The number of benzene rings is 2. The molecule has 0 saturated heterocycles. The fraction of sp³-hybridized carbons (Fsp3) is 0.333. The number of halogens is 1. The minimum atomic E-state index is 0.224. The van der Waals surface area contributed by atoms with E-state index in [0.29, 0.717) is 6.54 Å². The highest BCUT2D eigenvalue weighted by molar-refractivity contribution is 9.10. The van der Waals surface area contributed by atoms with Crippen LogP contribution >= 0.6 is 15.9 Å². The molecule has 0 aliphatic heterocycles. The zero-order valence-corrected chi connectivity index (χ0v) is 14.5. The summed E-state index contributed by atoms with van der Waals surface area (Å²) >= 11 is 3.61. The van der Waals surface area contributed by atoms with Crippen molar-refractivity contribution in [3.8, 4) is 0 Å². The maximum atomic E-state index is 6.03. The summed E-state index contributed by atoms with van der Waals surface area (Å²) in [5.41, 5.74) is 11.2. The van der Waals surface area contributed by atoms with Crippen LogP contribution < -0.4 is 5.73 Å². The molecule has 1 atom stereocenters. The van der Waals surface area contributed by atoms with Crippen LogP contribution in [0.4, 0.5) is 0 Å². The van der Waals surface area contributed by atoms with Crippen molar-refractivity contribution in [2.24, 2.45) is 5.73 Å². The Morgan fingerprint density at radius 1 is 1.10 bits per heavy atom. The van der Waals surface area contributed by atoms with E-state index in [1.54, 1.807) is 0 Å². The summed E-state index contributed by atoms with van der Waals surface area (Å²) in [7, 11) is 2.14. The highest BCUT2D eigenvalue weighted by Crippen LogP contribution is 2.26. The van der Waals surface area contributed by atoms with Crippen LogP contribution in [0.25, 0.3) is 0 Å². The van der Waals surface area contributed by atoms with Gasteiger partial charge >= 0.3 is 0 Å². The van der Waals surface area contributed by atoms with Gasteiger partial charge in [0.25, 0.3) is 0 Å². The molecule has 0 spiro atoms. The summed E-state index contributed by atoms with van der Waals surface area (Å²) in [5, 5.41) is 0. The molecule has 1 unspecified atom stereocenters. The predicted molar refractivity (Wildman–Crippen MR) is 93.3 cm³/mol. The topological polar surface area (TPSA) is 29.3 Å². The van der Waals surface area contributed by atoms with Gasteiger partial charge in [-0.15, -0.1) is 0 Å². The van der Waals surface area contributed by atoms with Crippen LogP contribution in [0.2, 0.25) is 0 Å². The van der Waals surface area contributed by atoms with E-state index in [-0.39, 0.29) is 6.04 Å². The predicted octanol–water partition coefficient (Wildman–Crippen LogP) is 4.20. The number of hydrogen-bond donors (Lipinski definition) is 1. The molecule has 3 heteroatoms. The summed E-state index contributed by atoms with van der Waals surface area (Å²) in [4.78, 5) is 2.32. The third-order valence-electron chi connectivity index (χ3n) is 4.02. The standard InChI is InChI=1S/C18H23BrN2/c1-13-6-4-5-7-16(13)12-21(3)18(11-20)15-9-8-14(2)17(19)10-15/h4-10,18H,11-12,20H2,1-3H3. The Bertz CT molecular complexity index is 610. The van der Waals surface area contributed by atoms with E-state index in [0.717, 1.165) is 11.0 Å². The van der Waals surface area contributed by atoms with Crippen molar-refractivity contribution in [1.82, 2.24) is 4.90 Å². The molecule has 21 heavy (non-hydrogen) atoms. The number of rotatable bonds is 5. The Balaban J connectivity index is 2.20. The van der Waals surface area contributed by atoms with Gasteiger partial charge in [0.15, 0.2) is 0 Å². The Kier molecular flexibility index (Phi) is 5.57. The smallest absolute Gasteiger partial charge is 0.0471 e. The molecule has 2 N–H and O–H groups in total. The van der Waals surface area contributed by atoms with Crippen LogP contribution in [0.1, 0.15) is 28.3 Å². The van der Waals surface area contributed by atoms with Crippen molar-refractivity contribution >= 4 is 15.9 Å². The molecule has 2 rings (SSSR count). The summed E-state index contributed by atoms with van der Waals surface area (Å²) in [6.07, 6.45) is 0. The Labute approximate surface area is 136 Å². The second-order valence-electron chi connectivity index (χ2n) is 5.60. The van der Waals surface area contributed by atoms with Crippen molar-refractivity contribution in [1.29, 1.82) is 0 Å². The van der Waals surface area contributed by atoms with Crippen LogP contribution in [-0.2, 0) is 6.54 Å². The van der Waals surface area contributed by atoms with Crippen molar-refractivity contribution in [3.63, 3.8) is 0 Å². The van der Waals surface area contributed by atoms with E-state index >= 15 is 0 Å². The molecule has 0 radical (unpaired) electrons.